The van der Waals surface area contributed by atoms with Crippen molar-refractivity contribution in [2.24, 2.45) is 0 Å². The summed E-state index contributed by atoms with van der Waals surface area (Å²) in [6, 6.07) is 5.37. The number of ether oxygens (including phenoxy) is 2. The predicted octanol–water partition coefficient (Wildman–Crippen LogP) is 3.34. The number of halogens is 1. The van der Waals surface area contributed by atoms with Crippen molar-refractivity contribution in [3.05, 3.63) is 28.8 Å². The summed E-state index contributed by atoms with van der Waals surface area (Å²) in [5, 5.41) is 10.8. The Balaban J connectivity index is 2.11. The number of rotatable bonds is 5. The van der Waals surface area contributed by atoms with Gasteiger partial charge >= 0.3 is 0 Å². The van der Waals surface area contributed by atoms with Crippen LogP contribution in [0.3, 0.4) is 0 Å². The molecule has 4 heteroatoms. The van der Waals surface area contributed by atoms with Crippen molar-refractivity contribution < 1.29 is 14.6 Å². The van der Waals surface area contributed by atoms with Crippen molar-refractivity contribution in [1.29, 1.82) is 0 Å². The highest BCUT2D eigenvalue weighted by Crippen LogP contribution is 2.42. The van der Waals surface area contributed by atoms with Gasteiger partial charge in [-0.1, -0.05) is 17.7 Å². The van der Waals surface area contributed by atoms with E-state index in [9.17, 15) is 5.11 Å². The first kappa shape index (κ1) is 13.7. The van der Waals surface area contributed by atoms with Crippen LogP contribution in [-0.4, -0.2) is 24.9 Å². The van der Waals surface area contributed by atoms with Crippen molar-refractivity contribution >= 4 is 11.6 Å². The van der Waals surface area contributed by atoms with Gasteiger partial charge in [0.2, 0.25) is 0 Å². The summed E-state index contributed by atoms with van der Waals surface area (Å²) in [6.45, 7) is 0. The van der Waals surface area contributed by atoms with Gasteiger partial charge in [-0.05, 0) is 37.0 Å². The van der Waals surface area contributed by atoms with Gasteiger partial charge in [-0.25, -0.2) is 0 Å². The van der Waals surface area contributed by atoms with E-state index in [1.54, 1.807) is 26.4 Å². The SMILES string of the molecule is COc1cc(C(O)CC2(OC)CCC2)ccc1Cl. The molecule has 1 fully saturated rings. The number of aliphatic hydroxyl groups excluding tert-OH is 1. The van der Waals surface area contributed by atoms with E-state index in [-0.39, 0.29) is 5.60 Å². The molecule has 0 radical (unpaired) electrons. The van der Waals surface area contributed by atoms with Crippen LogP contribution in [0.5, 0.6) is 5.75 Å². The highest BCUT2D eigenvalue weighted by molar-refractivity contribution is 6.32. The van der Waals surface area contributed by atoms with Crippen LogP contribution in [0.4, 0.5) is 0 Å². The van der Waals surface area contributed by atoms with Crippen LogP contribution in [0.2, 0.25) is 5.02 Å². The Morgan fingerprint density at radius 1 is 1.39 bits per heavy atom. The fourth-order valence-corrected chi connectivity index (χ4v) is 2.61. The molecule has 2 rings (SSSR count). The molecule has 1 aliphatic rings. The van der Waals surface area contributed by atoms with Crippen LogP contribution < -0.4 is 4.74 Å². The number of hydrogen-bond acceptors (Lipinski definition) is 3. The maximum Gasteiger partial charge on any atom is 0.137 e. The standard InChI is InChI=1S/C14H19ClO3/c1-17-13-8-10(4-5-11(13)15)12(16)9-14(18-2)6-3-7-14/h4-5,8,12,16H,3,6-7,9H2,1-2H3. The van der Waals surface area contributed by atoms with E-state index in [1.807, 2.05) is 6.07 Å². The van der Waals surface area contributed by atoms with Crippen LogP contribution in [0, 0.1) is 0 Å². The van der Waals surface area contributed by atoms with Gasteiger partial charge in [-0.15, -0.1) is 0 Å². The molecule has 0 aromatic heterocycles. The molecule has 0 spiro atoms. The second kappa shape index (κ2) is 5.47. The van der Waals surface area contributed by atoms with E-state index >= 15 is 0 Å². The summed E-state index contributed by atoms with van der Waals surface area (Å²) in [5.74, 6) is 0.591. The summed E-state index contributed by atoms with van der Waals surface area (Å²) in [5.41, 5.74) is 0.673. The second-order valence-electron chi connectivity index (χ2n) is 4.85. The second-order valence-corrected chi connectivity index (χ2v) is 5.26. The van der Waals surface area contributed by atoms with Gasteiger partial charge in [0.05, 0.1) is 23.8 Å². The van der Waals surface area contributed by atoms with E-state index in [0.29, 0.717) is 17.2 Å². The fourth-order valence-electron chi connectivity index (χ4n) is 2.42. The highest BCUT2D eigenvalue weighted by Gasteiger charge is 2.39. The number of aliphatic hydroxyl groups is 1. The van der Waals surface area contributed by atoms with Crippen molar-refractivity contribution in [1.82, 2.24) is 0 Å². The van der Waals surface area contributed by atoms with E-state index in [1.165, 1.54) is 6.42 Å². The minimum Gasteiger partial charge on any atom is -0.495 e. The molecule has 1 saturated carbocycles. The molecule has 0 amide bonds. The van der Waals surface area contributed by atoms with Crippen LogP contribution in [-0.2, 0) is 4.74 Å². The van der Waals surface area contributed by atoms with E-state index in [4.69, 9.17) is 21.1 Å². The Labute approximate surface area is 113 Å². The Hall–Kier alpha value is -0.770. The number of methoxy groups -OCH3 is 2. The zero-order valence-corrected chi connectivity index (χ0v) is 11.5. The molecule has 1 aromatic rings. The molecule has 1 unspecified atom stereocenters. The average Bonchev–Trinajstić information content (AvgIpc) is 2.34. The molecule has 100 valence electrons. The Bertz CT molecular complexity index is 410. The molecular formula is C14H19ClO3. The molecule has 0 bridgehead atoms. The number of benzene rings is 1. The van der Waals surface area contributed by atoms with Crippen molar-refractivity contribution in [2.75, 3.05) is 14.2 Å². The largest absolute Gasteiger partial charge is 0.495 e. The maximum atomic E-state index is 10.3. The first-order valence-corrected chi connectivity index (χ1v) is 6.55. The van der Waals surface area contributed by atoms with Crippen LogP contribution in [0.25, 0.3) is 0 Å². The summed E-state index contributed by atoms with van der Waals surface area (Å²) >= 11 is 5.97. The van der Waals surface area contributed by atoms with E-state index in [0.717, 1.165) is 18.4 Å². The van der Waals surface area contributed by atoms with E-state index < -0.39 is 6.10 Å². The first-order chi connectivity index (χ1) is 8.60. The minimum absolute atomic E-state index is 0.147. The quantitative estimate of drug-likeness (QED) is 0.892. The zero-order valence-electron chi connectivity index (χ0n) is 10.8. The zero-order chi connectivity index (χ0) is 13.2. The molecule has 1 aliphatic carbocycles. The third-order valence-electron chi connectivity index (χ3n) is 3.82. The lowest BCUT2D eigenvalue weighted by Gasteiger charge is -2.41. The summed E-state index contributed by atoms with van der Waals surface area (Å²) in [7, 11) is 3.29. The first-order valence-electron chi connectivity index (χ1n) is 6.17. The molecule has 1 N–H and O–H groups in total. The average molecular weight is 271 g/mol. The molecule has 0 saturated heterocycles. The lowest BCUT2D eigenvalue weighted by molar-refractivity contribution is -0.0999. The summed E-state index contributed by atoms with van der Waals surface area (Å²) in [4.78, 5) is 0. The molecule has 0 aliphatic heterocycles. The molecule has 18 heavy (non-hydrogen) atoms. The molecular weight excluding hydrogens is 252 g/mol. The van der Waals surface area contributed by atoms with Gasteiger partial charge in [0.15, 0.2) is 0 Å². The van der Waals surface area contributed by atoms with Gasteiger partial charge in [-0.2, -0.15) is 0 Å². The van der Waals surface area contributed by atoms with Gasteiger partial charge in [0.1, 0.15) is 5.75 Å². The lowest BCUT2D eigenvalue weighted by atomic mass is 9.75. The topological polar surface area (TPSA) is 38.7 Å². The molecule has 3 nitrogen and oxygen atoms in total. The van der Waals surface area contributed by atoms with Crippen LogP contribution in [0.15, 0.2) is 18.2 Å². The predicted molar refractivity (Wildman–Crippen MR) is 71.2 cm³/mol. The van der Waals surface area contributed by atoms with Crippen molar-refractivity contribution in [3.8, 4) is 5.75 Å². The monoisotopic (exact) mass is 270 g/mol. The Morgan fingerprint density at radius 3 is 2.61 bits per heavy atom. The van der Waals surface area contributed by atoms with Crippen molar-refractivity contribution in [3.63, 3.8) is 0 Å². The Kier molecular flexibility index (Phi) is 4.15. The van der Waals surface area contributed by atoms with Crippen LogP contribution >= 0.6 is 11.6 Å². The van der Waals surface area contributed by atoms with Gasteiger partial charge in [-0.3, -0.25) is 0 Å². The normalized spacial score (nSPS) is 19.1. The summed E-state index contributed by atoms with van der Waals surface area (Å²) in [6.07, 6.45) is 3.28. The Morgan fingerprint density at radius 2 is 2.11 bits per heavy atom. The summed E-state index contributed by atoms with van der Waals surface area (Å²) < 4.78 is 10.7. The maximum absolute atomic E-state index is 10.3. The fraction of sp³-hybridized carbons (Fsp3) is 0.571. The van der Waals surface area contributed by atoms with Crippen molar-refractivity contribution in [2.45, 2.75) is 37.4 Å². The van der Waals surface area contributed by atoms with Crippen LogP contribution in [0.1, 0.15) is 37.4 Å². The molecule has 0 heterocycles. The molecule has 1 aromatic carbocycles. The van der Waals surface area contributed by atoms with E-state index in [2.05, 4.69) is 0 Å². The third kappa shape index (κ3) is 2.63. The highest BCUT2D eigenvalue weighted by atomic mass is 35.5. The third-order valence-corrected chi connectivity index (χ3v) is 4.14. The molecule has 1 atom stereocenters. The lowest BCUT2D eigenvalue weighted by Crippen LogP contribution is -2.40. The minimum atomic E-state index is -0.545. The smallest absolute Gasteiger partial charge is 0.137 e. The number of hydrogen-bond donors (Lipinski definition) is 1. The van der Waals surface area contributed by atoms with Gasteiger partial charge in [0, 0.05) is 13.5 Å². The van der Waals surface area contributed by atoms with Gasteiger partial charge < -0.3 is 14.6 Å². The van der Waals surface area contributed by atoms with Gasteiger partial charge in [0.25, 0.3) is 0 Å².